The molecule has 33 heavy (non-hydrogen) atoms. The highest BCUT2D eigenvalue weighted by atomic mass is 35.5. The fourth-order valence-electron chi connectivity index (χ4n) is 3.80. The van der Waals surface area contributed by atoms with Crippen molar-refractivity contribution in [1.29, 1.82) is 0 Å². The highest BCUT2D eigenvalue weighted by Gasteiger charge is 2.57. The Labute approximate surface area is 195 Å². The van der Waals surface area contributed by atoms with Crippen LogP contribution < -0.4 is 10.1 Å². The van der Waals surface area contributed by atoms with E-state index in [2.05, 4.69) is 10.3 Å². The number of halogens is 1. The minimum atomic E-state index is -2.31. The van der Waals surface area contributed by atoms with Crippen LogP contribution in [0.25, 0.3) is 10.9 Å². The number of carbonyl (C=O) groups excluding carboxylic acids is 2. The van der Waals surface area contributed by atoms with E-state index in [0.717, 1.165) is 16.5 Å². The maximum atomic E-state index is 11.8. The molecule has 1 unspecified atom stereocenters. The molecule has 1 aliphatic heterocycles. The Balaban J connectivity index is 1.50. The number of β-amino-alcohol motifs (C(OH)–C–C–N with tert-alkyl or cyclic N) is 1. The zero-order valence-corrected chi connectivity index (χ0v) is 19.2. The van der Waals surface area contributed by atoms with E-state index in [-0.39, 0.29) is 12.3 Å². The fourth-order valence-corrected chi connectivity index (χ4v) is 4.03. The number of carbonyl (C=O) groups is 2. The molecular formula is C24H25ClN2O6. The molecule has 1 atom stereocenters. The van der Waals surface area contributed by atoms with Gasteiger partial charge in [0.2, 0.25) is 0 Å². The largest absolute Gasteiger partial charge is 0.451 e. The Morgan fingerprint density at radius 3 is 2.58 bits per heavy atom. The van der Waals surface area contributed by atoms with Gasteiger partial charge in [-0.2, -0.15) is 0 Å². The molecule has 8 nitrogen and oxygen atoms in total. The minimum absolute atomic E-state index is 0.0808. The number of hydrogen-bond acceptors (Lipinski definition) is 7. The van der Waals surface area contributed by atoms with Gasteiger partial charge in [-0.3, -0.25) is 0 Å². The van der Waals surface area contributed by atoms with E-state index in [0.29, 0.717) is 17.0 Å². The Morgan fingerprint density at radius 2 is 1.88 bits per heavy atom. The van der Waals surface area contributed by atoms with Gasteiger partial charge in [-0.25, -0.2) is 9.59 Å². The highest BCUT2D eigenvalue weighted by Crippen LogP contribution is 2.32. The molecule has 9 heteroatoms. The number of esters is 2. The van der Waals surface area contributed by atoms with Gasteiger partial charge in [0.25, 0.3) is 0 Å². The summed E-state index contributed by atoms with van der Waals surface area (Å²) < 4.78 is 15.9. The third-order valence-corrected chi connectivity index (χ3v) is 5.75. The average molecular weight is 473 g/mol. The summed E-state index contributed by atoms with van der Waals surface area (Å²) in [6.07, 6.45) is 1.09. The Bertz CT molecular complexity index is 1190. The van der Waals surface area contributed by atoms with Gasteiger partial charge >= 0.3 is 17.9 Å². The molecule has 0 spiro atoms. The van der Waals surface area contributed by atoms with Crippen molar-refractivity contribution in [1.82, 2.24) is 10.3 Å². The lowest BCUT2D eigenvalue weighted by Crippen LogP contribution is -2.56. The number of nitrogens with one attached hydrogen (secondary N) is 2. The zero-order chi connectivity index (χ0) is 23.8. The van der Waals surface area contributed by atoms with E-state index in [9.17, 15) is 14.7 Å². The lowest BCUT2D eigenvalue weighted by atomic mass is 9.94. The number of aliphatic hydroxyl groups excluding tert-OH is 1. The van der Waals surface area contributed by atoms with Crippen LogP contribution in [0.1, 0.15) is 25.0 Å². The summed E-state index contributed by atoms with van der Waals surface area (Å²) in [5, 5.41) is 15.8. The van der Waals surface area contributed by atoms with E-state index < -0.39 is 29.6 Å². The third-order valence-electron chi connectivity index (χ3n) is 5.52. The number of fused-ring (bicyclic) bond motifs is 1. The molecule has 2 heterocycles. The van der Waals surface area contributed by atoms with Gasteiger partial charge in [0.15, 0.2) is 6.10 Å². The van der Waals surface area contributed by atoms with Crippen LogP contribution in [0, 0.1) is 6.92 Å². The number of benzene rings is 2. The molecule has 0 saturated carbocycles. The van der Waals surface area contributed by atoms with Crippen LogP contribution in [0.5, 0.6) is 5.75 Å². The first-order valence-electron chi connectivity index (χ1n) is 10.5. The zero-order valence-electron chi connectivity index (χ0n) is 18.5. The van der Waals surface area contributed by atoms with Crippen molar-refractivity contribution in [2.75, 3.05) is 6.54 Å². The first-order valence-corrected chi connectivity index (χ1v) is 10.9. The molecule has 2 aromatic carbocycles. The number of rotatable bonds is 8. The molecular weight excluding hydrogens is 448 g/mol. The molecule has 0 bridgehead atoms. The Kier molecular flexibility index (Phi) is 6.09. The highest BCUT2D eigenvalue weighted by molar-refractivity contribution is 6.31. The number of aromatic amines is 1. The summed E-state index contributed by atoms with van der Waals surface area (Å²) in [7, 11) is 0. The lowest BCUT2D eigenvalue weighted by Gasteiger charge is -2.33. The molecule has 3 aromatic rings. The van der Waals surface area contributed by atoms with Gasteiger partial charge in [-0.05, 0) is 62.6 Å². The summed E-state index contributed by atoms with van der Waals surface area (Å²) in [6, 6.07) is 12.7. The van der Waals surface area contributed by atoms with Gasteiger partial charge < -0.3 is 29.6 Å². The first-order chi connectivity index (χ1) is 15.6. The van der Waals surface area contributed by atoms with Crippen molar-refractivity contribution in [3.05, 3.63) is 64.8 Å². The number of ether oxygens (including phenoxy) is 3. The topological polar surface area (TPSA) is 110 Å². The number of para-hydroxylation sites is 1. The standard InChI is InChI=1S/C24H25ClN2O6/c1-14-10-16(25)8-9-19(14)31-24(32-21(29)22(30)33-24)20(28)13-27-23(2,3)11-15-12-26-18-7-5-4-6-17(15)18/h4-10,12,20,26-28H,11,13H2,1-3H3. The lowest BCUT2D eigenvalue weighted by molar-refractivity contribution is -0.316. The van der Waals surface area contributed by atoms with E-state index >= 15 is 0 Å². The van der Waals surface area contributed by atoms with E-state index in [1.165, 1.54) is 0 Å². The van der Waals surface area contributed by atoms with Crippen molar-refractivity contribution in [2.45, 2.75) is 44.8 Å². The Morgan fingerprint density at radius 1 is 1.18 bits per heavy atom. The number of aryl methyl sites for hydroxylation is 1. The molecule has 0 radical (unpaired) electrons. The number of cyclic esters (lactones) is 2. The van der Waals surface area contributed by atoms with Crippen LogP contribution in [0.15, 0.2) is 48.7 Å². The van der Waals surface area contributed by atoms with Crippen LogP contribution >= 0.6 is 11.6 Å². The van der Waals surface area contributed by atoms with E-state index in [1.807, 2.05) is 44.3 Å². The van der Waals surface area contributed by atoms with Crippen LogP contribution in [-0.2, 0) is 25.5 Å². The van der Waals surface area contributed by atoms with E-state index in [1.54, 1.807) is 25.1 Å². The average Bonchev–Trinajstić information content (AvgIpc) is 3.29. The quantitative estimate of drug-likeness (QED) is 0.341. The minimum Gasteiger partial charge on any atom is -0.418 e. The molecule has 3 N–H and O–H groups in total. The van der Waals surface area contributed by atoms with E-state index in [4.69, 9.17) is 25.8 Å². The van der Waals surface area contributed by atoms with Crippen LogP contribution in [0.2, 0.25) is 5.02 Å². The number of aromatic nitrogens is 1. The summed E-state index contributed by atoms with van der Waals surface area (Å²) >= 11 is 5.98. The molecule has 4 rings (SSSR count). The molecule has 1 aliphatic rings. The van der Waals surface area contributed by atoms with Gasteiger partial charge in [0.05, 0.1) is 0 Å². The van der Waals surface area contributed by atoms with Crippen molar-refractivity contribution >= 4 is 34.4 Å². The number of aliphatic hydroxyl groups is 1. The SMILES string of the molecule is Cc1cc(Cl)ccc1OC1(C(O)CNC(C)(C)Cc2c[nH]c3ccccc23)OC(=O)C(=O)O1. The van der Waals surface area contributed by atoms with Gasteiger partial charge in [0.1, 0.15) is 5.75 Å². The summed E-state index contributed by atoms with van der Waals surface area (Å²) in [6.45, 7) is 5.60. The summed E-state index contributed by atoms with van der Waals surface area (Å²) in [5.41, 5.74) is 2.30. The Hall–Kier alpha value is -3.07. The van der Waals surface area contributed by atoms with Crippen LogP contribution in [-0.4, -0.2) is 46.2 Å². The van der Waals surface area contributed by atoms with Gasteiger partial charge in [-0.1, -0.05) is 29.8 Å². The fraction of sp³-hybridized carbons (Fsp3) is 0.333. The van der Waals surface area contributed by atoms with Gasteiger partial charge in [0, 0.05) is 34.2 Å². The second-order valence-corrected chi connectivity index (χ2v) is 9.15. The predicted molar refractivity (Wildman–Crippen MR) is 122 cm³/mol. The first kappa shape index (κ1) is 23.1. The monoisotopic (exact) mass is 472 g/mol. The van der Waals surface area contributed by atoms with Crippen LogP contribution in [0.3, 0.4) is 0 Å². The smallest absolute Gasteiger partial charge is 0.418 e. The summed E-state index contributed by atoms with van der Waals surface area (Å²) in [4.78, 5) is 26.9. The summed E-state index contributed by atoms with van der Waals surface area (Å²) in [5.74, 6) is -4.53. The molecule has 0 amide bonds. The normalized spacial score (nSPS) is 16.5. The van der Waals surface area contributed by atoms with Crippen LogP contribution in [0.4, 0.5) is 0 Å². The second-order valence-electron chi connectivity index (χ2n) is 8.71. The van der Waals surface area contributed by atoms with Gasteiger partial charge in [-0.15, -0.1) is 0 Å². The molecule has 1 fully saturated rings. The molecule has 174 valence electrons. The van der Waals surface area contributed by atoms with Crippen molar-refractivity contribution in [3.63, 3.8) is 0 Å². The van der Waals surface area contributed by atoms with Crippen molar-refractivity contribution < 1.29 is 28.9 Å². The molecule has 1 saturated heterocycles. The van der Waals surface area contributed by atoms with Crippen molar-refractivity contribution in [2.24, 2.45) is 0 Å². The number of H-pyrrole nitrogens is 1. The van der Waals surface area contributed by atoms with Crippen molar-refractivity contribution in [3.8, 4) is 5.75 Å². The number of hydrogen-bond donors (Lipinski definition) is 3. The predicted octanol–water partition coefficient (Wildman–Crippen LogP) is 3.23. The molecule has 0 aliphatic carbocycles. The third kappa shape index (κ3) is 4.83. The molecule has 1 aromatic heterocycles. The second kappa shape index (κ2) is 8.70. The maximum absolute atomic E-state index is 11.8. The maximum Gasteiger partial charge on any atom is 0.451 e.